The van der Waals surface area contributed by atoms with Gasteiger partial charge in [-0.25, -0.2) is 0 Å². The number of carbonyl (C=O) groups is 2. The van der Waals surface area contributed by atoms with Crippen molar-refractivity contribution in [2.75, 3.05) is 26.2 Å². The third-order valence-electron chi connectivity index (χ3n) is 4.75. The van der Waals surface area contributed by atoms with E-state index in [9.17, 15) is 9.59 Å². The van der Waals surface area contributed by atoms with Gasteiger partial charge in [-0.15, -0.1) is 0 Å². The van der Waals surface area contributed by atoms with Crippen LogP contribution in [0.3, 0.4) is 0 Å². The summed E-state index contributed by atoms with van der Waals surface area (Å²) in [6.07, 6.45) is 2.76. The third kappa shape index (κ3) is 6.18. The van der Waals surface area contributed by atoms with Crippen molar-refractivity contribution in [3.8, 4) is 0 Å². The molecule has 0 radical (unpaired) electrons. The lowest BCUT2D eigenvalue weighted by atomic mass is 9.91. The summed E-state index contributed by atoms with van der Waals surface area (Å²) in [6.45, 7) is 11.2. The fourth-order valence-corrected chi connectivity index (χ4v) is 3.27. The van der Waals surface area contributed by atoms with Gasteiger partial charge >= 0.3 is 0 Å². The first-order chi connectivity index (χ1) is 11.8. The molecule has 4 nitrogen and oxygen atoms in total. The summed E-state index contributed by atoms with van der Waals surface area (Å²) < 4.78 is 0. The molecule has 1 heterocycles. The summed E-state index contributed by atoms with van der Waals surface area (Å²) in [5.74, 6) is 0.412. The van der Waals surface area contributed by atoms with Gasteiger partial charge in [0.1, 0.15) is 0 Å². The van der Waals surface area contributed by atoms with Gasteiger partial charge in [-0.05, 0) is 36.3 Å². The van der Waals surface area contributed by atoms with Gasteiger partial charge in [-0.2, -0.15) is 0 Å². The standard InChI is InChI=1S/C21H32N2O2/c1-17-8-5-6-9-18(17)10-11-19(24)22-12-7-13-23(15-14-22)20(25)16-21(2,3)4/h5-6,8-9H,7,10-16H2,1-4H3. The Labute approximate surface area is 152 Å². The van der Waals surface area contributed by atoms with Crippen LogP contribution in [-0.2, 0) is 16.0 Å². The van der Waals surface area contributed by atoms with E-state index in [0.29, 0.717) is 25.9 Å². The molecule has 0 unspecified atom stereocenters. The van der Waals surface area contributed by atoms with E-state index in [1.165, 1.54) is 11.1 Å². The van der Waals surface area contributed by atoms with Crippen molar-refractivity contribution in [1.82, 2.24) is 9.80 Å². The second kappa shape index (κ2) is 8.50. The minimum absolute atomic E-state index is 0.00639. The number of carbonyl (C=O) groups excluding carboxylic acids is 2. The molecular formula is C21H32N2O2. The predicted molar refractivity (Wildman–Crippen MR) is 101 cm³/mol. The van der Waals surface area contributed by atoms with Crippen LogP contribution in [0.4, 0.5) is 0 Å². The first kappa shape index (κ1) is 19.5. The molecule has 25 heavy (non-hydrogen) atoms. The monoisotopic (exact) mass is 344 g/mol. The van der Waals surface area contributed by atoms with E-state index in [2.05, 4.69) is 39.8 Å². The predicted octanol–water partition coefficient (Wildman–Crippen LogP) is 3.42. The zero-order valence-corrected chi connectivity index (χ0v) is 16.2. The van der Waals surface area contributed by atoms with Crippen molar-refractivity contribution >= 4 is 11.8 Å². The Balaban J connectivity index is 1.84. The molecule has 4 heteroatoms. The summed E-state index contributed by atoms with van der Waals surface area (Å²) in [5.41, 5.74) is 2.49. The highest BCUT2D eigenvalue weighted by atomic mass is 16.2. The molecule has 0 spiro atoms. The molecule has 2 amide bonds. The molecule has 1 fully saturated rings. The lowest BCUT2D eigenvalue weighted by molar-refractivity contribution is -0.134. The first-order valence-electron chi connectivity index (χ1n) is 9.36. The maximum absolute atomic E-state index is 12.6. The molecule has 0 bridgehead atoms. The van der Waals surface area contributed by atoms with E-state index in [-0.39, 0.29) is 17.2 Å². The number of benzene rings is 1. The topological polar surface area (TPSA) is 40.6 Å². The van der Waals surface area contributed by atoms with Crippen LogP contribution in [0.1, 0.15) is 51.2 Å². The molecule has 138 valence electrons. The number of nitrogens with zero attached hydrogens (tertiary/aromatic N) is 2. The second-order valence-electron chi connectivity index (χ2n) is 8.28. The largest absolute Gasteiger partial charge is 0.341 e. The van der Waals surface area contributed by atoms with E-state index in [0.717, 1.165) is 25.9 Å². The molecule has 0 N–H and O–H groups in total. The van der Waals surface area contributed by atoms with Crippen molar-refractivity contribution in [3.05, 3.63) is 35.4 Å². The summed E-state index contributed by atoms with van der Waals surface area (Å²) >= 11 is 0. The van der Waals surface area contributed by atoms with Gasteiger partial charge < -0.3 is 9.80 Å². The average molecular weight is 344 g/mol. The van der Waals surface area contributed by atoms with Crippen LogP contribution >= 0.6 is 0 Å². The van der Waals surface area contributed by atoms with E-state index >= 15 is 0 Å². The van der Waals surface area contributed by atoms with Gasteiger partial charge in [0.2, 0.25) is 11.8 Å². The van der Waals surface area contributed by atoms with Crippen LogP contribution < -0.4 is 0 Å². The summed E-state index contributed by atoms with van der Waals surface area (Å²) in [4.78, 5) is 28.8. The lowest BCUT2D eigenvalue weighted by Gasteiger charge is -2.25. The fourth-order valence-electron chi connectivity index (χ4n) is 3.27. The Morgan fingerprint density at radius 3 is 2.16 bits per heavy atom. The minimum atomic E-state index is 0.00639. The molecule has 1 aliphatic rings. The molecule has 1 aliphatic heterocycles. The minimum Gasteiger partial charge on any atom is -0.341 e. The van der Waals surface area contributed by atoms with Gasteiger partial charge in [0, 0.05) is 39.0 Å². The van der Waals surface area contributed by atoms with Crippen LogP contribution in [0.2, 0.25) is 0 Å². The van der Waals surface area contributed by atoms with Crippen LogP contribution in [0.25, 0.3) is 0 Å². The molecule has 2 rings (SSSR count). The smallest absolute Gasteiger partial charge is 0.223 e. The maximum Gasteiger partial charge on any atom is 0.223 e. The van der Waals surface area contributed by atoms with Crippen molar-refractivity contribution in [2.45, 2.75) is 53.4 Å². The molecule has 0 aliphatic carbocycles. The summed E-state index contributed by atoms with van der Waals surface area (Å²) in [5, 5.41) is 0. The Hall–Kier alpha value is -1.84. The molecule has 0 saturated carbocycles. The Kier molecular flexibility index (Phi) is 6.63. The summed E-state index contributed by atoms with van der Waals surface area (Å²) in [7, 11) is 0. The van der Waals surface area contributed by atoms with Gasteiger partial charge in [0.05, 0.1) is 0 Å². The molecular weight excluding hydrogens is 312 g/mol. The van der Waals surface area contributed by atoms with Crippen molar-refractivity contribution in [3.63, 3.8) is 0 Å². The van der Waals surface area contributed by atoms with Crippen molar-refractivity contribution in [1.29, 1.82) is 0 Å². The molecule has 0 atom stereocenters. The van der Waals surface area contributed by atoms with Crippen LogP contribution in [0.5, 0.6) is 0 Å². The molecule has 0 aromatic heterocycles. The zero-order valence-electron chi connectivity index (χ0n) is 16.2. The second-order valence-corrected chi connectivity index (χ2v) is 8.28. The normalized spacial score (nSPS) is 15.8. The van der Waals surface area contributed by atoms with Crippen LogP contribution in [-0.4, -0.2) is 47.8 Å². The number of hydrogen-bond donors (Lipinski definition) is 0. The number of rotatable bonds is 4. The summed E-state index contributed by atoms with van der Waals surface area (Å²) in [6, 6.07) is 8.23. The first-order valence-corrected chi connectivity index (χ1v) is 9.36. The number of amides is 2. The highest BCUT2D eigenvalue weighted by Crippen LogP contribution is 2.20. The van der Waals surface area contributed by atoms with E-state index in [1.807, 2.05) is 21.9 Å². The Morgan fingerprint density at radius 1 is 0.960 bits per heavy atom. The SMILES string of the molecule is Cc1ccccc1CCC(=O)N1CCCN(C(=O)CC(C)(C)C)CC1. The third-order valence-corrected chi connectivity index (χ3v) is 4.75. The average Bonchev–Trinajstić information content (AvgIpc) is 2.78. The van der Waals surface area contributed by atoms with E-state index in [4.69, 9.17) is 0 Å². The highest BCUT2D eigenvalue weighted by molar-refractivity contribution is 5.78. The number of hydrogen-bond acceptors (Lipinski definition) is 2. The fraction of sp³-hybridized carbons (Fsp3) is 0.619. The highest BCUT2D eigenvalue weighted by Gasteiger charge is 2.24. The van der Waals surface area contributed by atoms with E-state index < -0.39 is 0 Å². The number of aryl methyl sites for hydroxylation is 2. The van der Waals surface area contributed by atoms with Gasteiger partial charge in [0.15, 0.2) is 0 Å². The quantitative estimate of drug-likeness (QED) is 0.840. The molecule has 1 saturated heterocycles. The van der Waals surface area contributed by atoms with Crippen molar-refractivity contribution < 1.29 is 9.59 Å². The Bertz CT molecular complexity index is 604. The van der Waals surface area contributed by atoms with Gasteiger partial charge in [-0.1, -0.05) is 45.0 Å². The van der Waals surface area contributed by atoms with Crippen LogP contribution in [0.15, 0.2) is 24.3 Å². The Morgan fingerprint density at radius 2 is 1.56 bits per heavy atom. The van der Waals surface area contributed by atoms with E-state index in [1.54, 1.807) is 0 Å². The maximum atomic E-state index is 12.6. The molecule has 1 aromatic carbocycles. The van der Waals surface area contributed by atoms with Gasteiger partial charge in [0.25, 0.3) is 0 Å². The van der Waals surface area contributed by atoms with Crippen molar-refractivity contribution in [2.24, 2.45) is 5.41 Å². The van der Waals surface area contributed by atoms with Crippen LogP contribution in [0, 0.1) is 12.3 Å². The van der Waals surface area contributed by atoms with Gasteiger partial charge in [-0.3, -0.25) is 9.59 Å². The molecule has 1 aromatic rings. The lowest BCUT2D eigenvalue weighted by Crippen LogP contribution is -2.38. The zero-order chi connectivity index (χ0) is 18.4.